The molecule has 1 amide bonds. The fourth-order valence-corrected chi connectivity index (χ4v) is 1.25. The van der Waals surface area contributed by atoms with Crippen LogP contribution >= 0.6 is 0 Å². The Morgan fingerprint density at radius 3 is 2.82 bits per heavy atom. The fourth-order valence-electron chi connectivity index (χ4n) is 1.25. The molecule has 1 atom stereocenters. The SMILES string of the molecule is C=CCCOCCNC(C)C(=O)NCCCC. The first kappa shape index (κ1) is 16.1. The molecule has 4 nitrogen and oxygen atoms in total. The van der Waals surface area contributed by atoms with Gasteiger partial charge >= 0.3 is 0 Å². The monoisotopic (exact) mass is 242 g/mol. The van der Waals surface area contributed by atoms with Gasteiger partial charge in [-0.2, -0.15) is 0 Å². The van der Waals surface area contributed by atoms with E-state index in [-0.39, 0.29) is 11.9 Å². The Balaban J connectivity index is 3.40. The van der Waals surface area contributed by atoms with Crippen LogP contribution in [0.4, 0.5) is 0 Å². The van der Waals surface area contributed by atoms with Crippen molar-refractivity contribution in [1.82, 2.24) is 10.6 Å². The van der Waals surface area contributed by atoms with Gasteiger partial charge in [-0.05, 0) is 19.8 Å². The summed E-state index contributed by atoms with van der Waals surface area (Å²) in [6.07, 6.45) is 4.83. The third-order valence-corrected chi connectivity index (χ3v) is 2.39. The maximum atomic E-state index is 11.6. The molecule has 0 spiro atoms. The number of amides is 1. The van der Waals surface area contributed by atoms with Crippen LogP contribution in [0.15, 0.2) is 12.7 Å². The molecule has 0 aromatic rings. The standard InChI is InChI=1S/C13H26N2O2/c1-4-6-8-15-13(16)12(3)14-9-11-17-10-7-5-2/h5,12,14H,2,4,6-11H2,1,3H3,(H,15,16). The molecule has 0 aliphatic heterocycles. The highest BCUT2D eigenvalue weighted by Gasteiger charge is 2.10. The Labute approximate surface area is 105 Å². The highest BCUT2D eigenvalue weighted by atomic mass is 16.5. The van der Waals surface area contributed by atoms with Gasteiger partial charge in [-0.25, -0.2) is 0 Å². The van der Waals surface area contributed by atoms with Crippen molar-refractivity contribution < 1.29 is 9.53 Å². The van der Waals surface area contributed by atoms with Gasteiger partial charge in [0.15, 0.2) is 0 Å². The van der Waals surface area contributed by atoms with Crippen LogP contribution in [0.25, 0.3) is 0 Å². The highest BCUT2D eigenvalue weighted by Crippen LogP contribution is 1.87. The number of ether oxygens (including phenoxy) is 1. The summed E-state index contributed by atoms with van der Waals surface area (Å²) in [4.78, 5) is 11.6. The summed E-state index contributed by atoms with van der Waals surface area (Å²) in [5.74, 6) is 0.0598. The molecule has 4 heteroatoms. The first-order chi connectivity index (χ1) is 8.22. The van der Waals surface area contributed by atoms with E-state index in [0.717, 1.165) is 25.8 Å². The first-order valence-electron chi connectivity index (χ1n) is 6.42. The smallest absolute Gasteiger partial charge is 0.236 e. The van der Waals surface area contributed by atoms with E-state index >= 15 is 0 Å². The molecule has 0 saturated carbocycles. The van der Waals surface area contributed by atoms with E-state index < -0.39 is 0 Å². The van der Waals surface area contributed by atoms with E-state index in [2.05, 4.69) is 24.1 Å². The fraction of sp³-hybridized carbons (Fsp3) is 0.769. The van der Waals surface area contributed by atoms with Crippen LogP contribution in [0, 0.1) is 0 Å². The van der Waals surface area contributed by atoms with E-state index in [1.165, 1.54) is 0 Å². The van der Waals surface area contributed by atoms with Crippen molar-refractivity contribution >= 4 is 5.91 Å². The van der Waals surface area contributed by atoms with Gasteiger partial charge in [-0.3, -0.25) is 4.79 Å². The Morgan fingerprint density at radius 2 is 2.18 bits per heavy atom. The van der Waals surface area contributed by atoms with Crippen molar-refractivity contribution in [1.29, 1.82) is 0 Å². The molecule has 2 N–H and O–H groups in total. The average Bonchev–Trinajstić information content (AvgIpc) is 2.33. The Kier molecular flexibility index (Phi) is 11.0. The van der Waals surface area contributed by atoms with Gasteiger partial charge in [0.1, 0.15) is 0 Å². The molecule has 0 aliphatic carbocycles. The Hall–Kier alpha value is -0.870. The molecule has 1 unspecified atom stereocenters. The second-order valence-corrected chi connectivity index (χ2v) is 4.01. The molecule has 0 bridgehead atoms. The number of hydrogen-bond acceptors (Lipinski definition) is 3. The maximum Gasteiger partial charge on any atom is 0.236 e. The normalized spacial score (nSPS) is 12.1. The molecule has 0 radical (unpaired) electrons. The summed E-state index contributed by atoms with van der Waals surface area (Å²) in [7, 11) is 0. The van der Waals surface area contributed by atoms with Gasteiger partial charge in [-0.15, -0.1) is 6.58 Å². The number of rotatable bonds is 11. The molecule has 0 rings (SSSR count). The lowest BCUT2D eigenvalue weighted by molar-refractivity contribution is -0.122. The van der Waals surface area contributed by atoms with Crippen LogP contribution in [-0.4, -0.2) is 38.3 Å². The molecule has 0 aromatic carbocycles. The quantitative estimate of drug-likeness (QED) is 0.426. The molecule has 17 heavy (non-hydrogen) atoms. The number of unbranched alkanes of at least 4 members (excludes halogenated alkanes) is 1. The lowest BCUT2D eigenvalue weighted by Crippen LogP contribution is -2.43. The van der Waals surface area contributed by atoms with Gasteiger partial charge in [0.2, 0.25) is 5.91 Å². The number of nitrogens with one attached hydrogen (secondary N) is 2. The molecule has 100 valence electrons. The van der Waals surface area contributed by atoms with Gasteiger partial charge in [-0.1, -0.05) is 19.4 Å². The van der Waals surface area contributed by atoms with Gasteiger partial charge < -0.3 is 15.4 Å². The van der Waals surface area contributed by atoms with Crippen molar-refractivity contribution in [3.63, 3.8) is 0 Å². The number of hydrogen-bond donors (Lipinski definition) is 2. The van der Waals surface area contributed by atoms with Crippen LogP contribution in [0.1, 0.15) is 33.1 Å². The number of carbonyl (C=O) groups excluding carboxylic acids is 1. The van der Waals surface area contributed by atoms with E-state index in [0.29, 0.717) is 19.8 Å². The summed E-state index contributed by atoms with van der Waals surface area (Å²) in [5.41, 5.74) is 0. The minimum Gasteiger partial charge on any atom is -0.380 e. The molecule has 0 fully saturated rings. The van der Waals surface area contributed by atoms with Crippen LogP contribution in [0.5, 0.6) is 0 Å². The van der Waals surface area contributed by atoms with Crippen molar-refractivity contribution in [2.24, 2.45) is 0 Å². The van der Waals surface area contributed by atoms with Crippen LogP contribution in [-0.2, 0) is 9.53 Å². The number of carbonyl (C=O) groups is 1. The molecule has 0 aromatic heterocycles. The lowest BCUT2D eigenvalue weighted by Gasteiger charge is -2.13. The second kappa shape index (κ2) is 11.6. The minimum absolute atomic E-state index is 0.0598. The summed E-state index contributed by atoms with van der Waals surface area (Å²) in [6, 6.07) is -0.158. The third-order valence-electron chi connectivity index (χ3n) is 2.39. The molecule has 0 aliphatic rings. The van der Waals surface area contributed by atoms with Crippen LogP contribution < -0.4 is 10.6 Å². The zero-order valence-corrected chi connectivity index (χ0v) is 11.1. The predicted octanol–water partition coefficient (Wildman–Crippen LogP) is 1.47. The van der Waals surface area contributed by atoms with E-state index in [9.17, 15) is 4.79 Å². The predicted molar refractivity (Wildman–Crippen MR) is 71.0 cm³/mol. The molecular weight excluding hydrogens is 216 g/mol. The van der Waals surface area contributed by atoms with Crippen molar-refractivity contribution in [2.45, 2.75) is 39.2 Å². The van der Waals surface area contributed by atoms with Gasteiger partial charge in [0.25, 0.3) is 0 Å². The molecule has 0 saturated heterocycles. The summed E-state index contributed by atoms with van der Waals surface area (Å²) < 4.78 is 5.34. The minimum atomic E-state index is -0.158. The topological polar surface area (TPSA) is 50.4 Å². The molecular formula is C13H26N2O2. The zero-order valence-electron chi connectivity index (χ0n) is 11.1. The van der Waals surface area contributed by atoms with E-state index in [4.69, 9.17) is 4.74 Å². The van der Waals surface area contributed by atoms with Crippen molar-refractivity contribution in [3.8, 4) is 0 Å². The Morgan fingerprint density at radius 1 is 1.41 bits per heavy atom. The average molecular weight is 242 g/mol. The summed E-state index contributed by atoms with van der Waals surface area (Å²) in [6.45, 7) is 10.4. The summed E-state index contributed by atoms with van der Waals surface area (Å²) in [5, 5.41) is 6.01. The highest BCUT2D eigenvalue weighted by molar-refractivity contribution is 5.81. The first-order valence-corrected chi connectivity index (χ1v) is 6.42. The second-order valence-electron chi connectivity index (χ2n) is 4.01. The maximum absolute atomic E-state index is 11.6. The van der Waals surface area contributed by atoms with Crippen molar-refractivity contribution in [2.75, 3.05) is 26.3 Å². The summed E-state index contributed by atoms with van der Waals surface area (Å²) >= 11 is 0. The van der Waals surface area contributed by atoms with Gasteiger partial charge in [0, 0.05) is 13.1 Å². The van der Waals surface area contributed by atoms with Crippen LogP contribution in [0.2, 0.25) is 0 Å². The van der Waals surface area contributed by atoms with Crippen LogP contribution in [0.3, 0.4) is 0 Å². The Bertz CT molecular complexity index is 208. The van der Waals surface area contributed by atoms with E-state index in [1.807, 2.05) is 13.0 Å². The zero-order chi connectivity index (χ0) is 12.9. The lowest BCUT2D eigenvalue weighted by atomic mass is 10.3. The van der Waals surface area contributed by atoms with Crippen molar-refractivity contribution in [3.05, 3.63) is 12.7 Å². The third kappa shape index (κ3) is 10.0. The largest absolute Gasteiger partial charge is 0.380 e. The van der Waals surface area contributed by atoms with E-state index in [1.54, 1.807) is 0 Å². The molecule has 0 heterocycles. The van der Waals surface area contributed by atoms with Gasteiger partial charge in [0.05, 0.1) is 19.3 Å².